The summed E-state index contributed by atoms with van der Waals surface area (Å²) in [5.41, 5.74) is 2.54. The molecule has 0 aliphatic rings. The van der Waals surface area contributed by atoms with Crippen molar-refractivity contribution in [1.29, 1.82) is 0 Å². The molecule has 32 heavy (non-hydrogen) atoms. The maximum Gasteiger partial charge on any atom is 0.325 e. The summed E-state index contributed by atoms with van der Waals surface area (Å²) in [6, 6.07) is 23.5. The first-order valence-corrected chi connectivity index (χ1v) is 10.7. The van der Waals surface area contributed by atoms with Gasteiger partial charge in [-0.15, -0.1) is 11.3 Å². The normalized spacial score (nSPS) is 10.3. The second-order valence-corrected chi connectivity index (χ2v) is 7.74. The summed E-state index contributed by atoms with van der Waals surface area (Å²) in [5, 5.41) is 10.1. The van der Waals surface area contributed by atoms with Crippen LogP contribution in [0.1, 0.15) is 16.1 Å². The number of benzene rings is 3. The van der Waals surface area contributed by atoms with E-state index in [-0.39, 0.29) is 11.6 Å². The monoisotopic (exact) mass is 444 g/mol. The van der Waals surface area contributed by atoms with Gasteiger partial charge in [-0.3, -0.25) is 10.1 Å². The largest absolute Gasteiger partial charge is 0.457 e. The van der Waals surface area contributed by atoms with Crippen molar-refractivity contribution in [1.82, 2.24) is 4.98 Å². The summed E-state index contributed by atoms with van der Waals surface area (Å²) in [7, 11) is 0. The summed E-state index contributed by atoms with van der Waals surface area (Å²) in [6.07, 6.45) is 0. The molecular formula is C24H20N4O3S. The van der Waals surface area contributed by atoms with Crippen LogP contribution in [0.3, 0.4) is 0 Å². The number of nitrogens with one attached hydrogen (secondary N) is 3. The molecule has 1 aromatic heterocycles. The van der Waals surface area contributed by atoms with Crippen molar-refractivity contribution in [3.8, 4) is 11.5 Å². The van der Waals surface area contributed by atoms with Gasteiger partial charge in [-0.05, 0) is 61.0 Å². The molecule has 1 heterocycles. The van der Waals surface area contributed by atoms with Gasteiger partial charge in [0.05, 0.1) is 0 Å². The van der Waals surface area contributed by atoms with Crippen molar-refractivity contribution in [3.05, 3.63) is 95.5 Å². The molecule has 0 saturated carbocycles. The van der Waals surface area contributed by atoms with E-state index in [0.29, 0.717) is 22.3 Å². The first-order valence-electron chi connectivity index (χ1n) is 9.80. The van der Waals surface area contributed by atoms with Gasteiger partial charge in [-0.1, -0.05) is 30.3 Å². The Hall–Kier alpha value is -4.17. The highest BCUT2D eigenvalue weighted by atomic mass is 32.1. The van der Waals surface area contributed by atoms with E-state index in [1.807, 2.05) is 55.5 Å². The Bertz CT molecular complexity index is 1220. The van der Waals surface area contributed by atoms with E-state index in [0.717, 1.165) is 11.3 Å². The number of carbonyl (C=O) groups excluding carboxylic acids is 2. The molecule has 0 aliphatic carbocycles. The molecule has 3 N–H and O–H groups in total. The van der Waals surface area contributed by atoms with Crippen molar-refractivity contribution < 1.29 is 14.3 Å². The van der Waals surface area contributed by atoms with E-state index in [9.17, 15) is 9.59 Å². The average molecular weight is 445 g/mol. The number of hydrogen-bond donors (Lipinski definition) is 3. The smallest absolute Gasteiger partial charge is 0.325 e. The van der Waals surface area contributed by atoms with Gasteiger partial charge in [0.15, 0.2) is 5.13 Å². The lowest BCUT2D eigenvalue weighted by atomic mass is 10.2. The van der Waals surface area contributed by atoms with Gasteiger partial charge in [-0.25, -0.2) is 9.78 Å². The number of rotatable bonds is 6. The Morgan fingerprint density at radius 3 is 2.31 bits per heavy atom. The minimum atomic E-state index is -0.425. The average Bonchev–Trinajstić information content (AvgIpc) is 3.24. The molecular weight excluding hydrogens is 424 g/mol. The predicted molar refractivity (Wildman–Crippen MR) is 127 cm³/mol. The number of thiazole rings is 1. The molecule has 8 heteroatoms. The van der Waals surface area contributed by atoms with Crippen molar-refractivity contribution in [2.75, 3.05) is 16.0 Å². The molecule has 0 spiro atoms. The predicted octanol–water partition coefficient (Wildman–Crippen LogP) is 6.14. The molecule has 160 valence electrons. The van der Waals surface area contributed by atoms with Gasteiger partial charge in [0.25, 0.3) is 5.91 Å². The van der Waals surface area contributed by atoms with Crippen LogP contribution in [0.2, 0.25) is 0 Å². The van der Waals surface area contributed by atoms with Gasteiger partial charge >= 0.3 is 6.03 Å². The molecule has 0 bridgehead atoms. The number of amides is 3. The Balaban J connectivity index is 1.32. The van der Waals surface area contributed by atoms with Crippen molar-refractivity contribution in [3.63, 3.8) is 0 Å². The Morgan fingerprint density at radius 1 is 0.812 bits per heavy atom. The van der Waals surface area contributed by atoms with Crippen LogP contribution < -0.4 is 20.7 Å². The quantitative estimate of drug-likeness (QED) is 0.333. The Morgan fingerprint density at radius 2 is 1.56 bits per heavy atom. The van der Waals surface area contributed by atoms with Crippen LogP contribution in [0.5, 0.6) is 11.5 Å². The molecule has 4 aromatic rings. The van der Waals surface area contributed by atoms with Gasteiger partial charge in [0.1, 0.15) is 17.2 Å². The molecule has 4 rings (SSSR count). The zero-order valence-corrected chi connectivity index (χ0v) is 18.0. The molecule has 3 amide bonds. The van der Waals surface area contributed by atoms with E-state index in [4.69, 9.17) is 4.74 Å². The topological polar surface area (TPSA) is 92.4 Å². The first kappa shape index (κ1) is 21.1. The van der Waals surface area contributed by atoms with E-state index in [1.54, 1.807) is 35.7 Å². The number of aryl methyl sites for hydroxylation is 1. The minimum absolute atomic E-state index is 0.213. The Labute approximate surface area is 189 Å². The van der Waals surface area contributed by atoms with Crippen molar-refractivity contribution in [2.45, 2.75) is 6.92 Å². The van der Waals surface area contributed by atoms with E-state index >= 15 is 0 Å². The second kappa shape index (κ2) is 9.76. The molecule has 0 fully saturated rings. The van der Waals surface area contributed by atoms with Gasteiger partial charge in [0.2, 0.25) is 0 Å². The number of hydrogen-bond acceptors (Lipinski definition) is 5. The highest BCUT2D eigenvalue weighted by molar-refractivity contribution is 7.14. The van der Waals surface area contributed by atoms with Crippen LogP contribution in [-0.2, 0) is 0 Å². The third-order valence-electron chi connectivity index (χ3n) is 4.32. The number of aromatic nitrogens is 1. The summed E-state index contributed by atoms with van der Waals surface area (Å²) >= 11 is 1.17. The van der Waals surface area contributed by atoms with Gasteiger partial charge in [0, 0.05) is 16.8 Å². The fraction of sp³-hybridized carbons (Fsp3) is 0.0417. The maximum absolute atomic E-state index is 12.5. The summed E-state index contributed by atoms with van der Waals surface area (Å²) in [6.45, 7) is 1.94. The van der Waals surface area contributed by atoms with Crippen molar-refractivity contribution in [2.24, 2.45) is 0 Å². The minimum Gasteiger partial charge on any atom is -0.457 e. The van der Waals surface area contributed by atoms with E-state index < -0.39 is 6.03 Å². The van der Waals surface area contributed by atoms with Gasteiger partial charge in [-0.2, -0.15) is 0 Å². The summed E-state index contributed by atoms with van der Waals surface area (Å²) in [5.74, 6) is 1.03. The lowest BCUT2D eigenvalue weighted by Crippen LogP contribution is -2.19. The number of nitrogens with zero attached hydrogens (tertiary/aromatic N) is 1. The number of urea groups is 1. The van der Waals surface area contributed by atoms with Gasteiger partial charge < -0.3 is 15.4 Å². The molecule has 7 nitrogen and oxygen atoms in total. The summed E-state index contributed by atoms with van der Waals surface area (Å²) in [4.78, 5) is 28.8. The summed E-state index contributed by atoms with van der Waals surface area (Å²) < 4.78 is 5.74. The molecule has 0 atom stereocenters. The number of anilines is 3. The van der Waals surface area contributed by atoms with Crippen LogP contribution in [0.25, 0.3) is 0 Å². The molecule has 0 aliphatic heterocycles. The molecule has 0 radical (unpaired) electrons. The third-order valence-corrected chi connectivity index (χ3v) is 5.08. The highest BCUT2D eigenvalue weighted by Gasteiger charge is 2.13. The van der Waals surface area contributed by atoms with Crippen LogP contribution in [0.15, 0.2) is 84.2 Å². The molecule has 0 unspecified atom stereocenters. The number of ether oxygens (including phenoxy) is 1. The highest BCUT2D eigenvalue weighted by Crippen LogP contribution is 2.23. The molecule has 0 saturated heterocycles. The fourth-order valence-corrected chi connectivity index (χ4v) is 3.53. The van der Waals surface area contributed by atoms with Crippen LogP contribution in [-0.4, -0.2) is 16.9 Å². The number of carbonyl (C=O) groups is 2. The van der Waals surface area contributed by atoms with E-state index in [1.165, 1.54) is 11.3 Å². The fourth-order valence-electron chi connectivity index (χ4n) is 2.84. The SMILES string of the molecule is Cc1cccc(NC(=O)Nc2nc(C(=O)Nc3ccc(Oc4ccccc4)cc3)cs2)c1. The van der Waals surface area contributed by atoms with Crippen LogP contribution in [0, 0.1) is 6.92 Å². The lowest BCUT2D eigenvalue weighted by molar-refractivity contribution is 0.102. The number of para-hydroxylation sites is 1. The maximum atomic E-state index is 12.5. The van der Waals surface area contributed by atoms with E-state index in [2.05, 4.69) is 20.9 Å². The second-order valence-electron chi connectivity index (χ2n) is 6.88. The standard InChI is InChI=1S/C24H20N4O3S/c1-16-6-5-7-18(14-16)26-23(30)28-24-27-21(15-32-24)22(29)25-17-10-12-20(13-11-17)31-19-8-3-2-4-9-19/h2-15H,1H3,(H,25,29)(H2,26,27,28,30). The lowest BCUT2D eigenvalue weighted by Gasteiger charge is -2.07. The zero-order chi connectivity index (χ0) is 22.3. The van der Waals surface area contributed by atoms with Crippen LogP contribution >= 0.6 is 11.3 Å². The Kier molecular flexibility index (Phi) is 6.43. The zero-order valence-electron chi connectivity index (χ0n) is 17.2. The molecule has 3 aromatic carbocycles. The third kappa shape index (κ3) is 5.71. The van der Waals surface area contributed by atoms with Crippen LogP contribution in [0.4, 0.5) is 21.3 Å². The van der Waals surface area contributed by atoms with Crippen molar-refractivity contribution >= 4 is 39.8 Å². The first-order chi connectivity index (χ1) is 15.5.